The number of likely N-dealkylation sites (tertiary alicyclic amines) is 1. The first-order chi connectivity index (χ1) is 18.3. The molecule has 0 spiro atoms. The van der Waals surface area contributed by atoms with Gasteiger partial charge in [-0.15, -0.1) is 0 Å². The van der Waals surface area contributed by atoms with Crippen LogP contribution in [0.3, 0.4) is 0 Å². The van der Waals surface area contributed by atoms with Gasteiger partial charge in [0.05, 0.1) is 24.7 Å². The van der Waals surface area contributed by atoms with Gasteiger partial charge in [0.1, 0.15) is 12.2 Å². The number of aryl methyl sites for hydroxylation is 1. The van der Waals surface area contributed by atoms with E-state index >= 15 is 0 Å². The van der Waals surface area contributed by atoms with Crippen LogP contribution < -0.4 is 10.9 Å². The van der Waals surface area contributed by atoms with E-state index in [9.17, 15) is 23.2 Å². The summed E-state index contributed by atoms with van der Waals surface area (Å²) in [7, 11) is 0. The van der Waals surface area contributed by atoms with Crippen LogP contribution in [0.5, 0.6) is 0 Å². The highest BCUT2D eigenvalue weighted by Crippen LogP contribution is 2.41. The summed E-state index contributed by atoms with van der Waals surface area (Å²) in [6, 6.07) is 13.7. The fourth-order valence-electron chi connectivity index (χ4n) is 5.05. The second-order valence-corrected chi connectivity index (χ2v) is 9.98. The average Bonchev–Trinajstić information content (AvgIpc) is 3.68. The van der Waals surface area contributed by atoms with Crippen molar-refractivity contribution in [1.29, 1.82) is 0 Å². The Morgan fingerprint density at radius 3 is 2.55 bits per heavy atom. The number of nitrogens with zero attached hydrogens (tertiary/aromatic N) is 3. The summed E-state index contributed by atoms with van der Waals surface area (Å²) in [6.45, 7) is 2.09. The largest absolute Gasteiger partial charge is 0.342 e. The van der Waals surface area contributed by atoms with E-state index in [1.54, 1.807) is 36.5 Å². The number of hydrogen-bond acceptors (Lipinski definition) is 4. The maximum atomic E-state index is 14.8. The molecule has 2 amide bonds. The van der Waals surface area contributed by atoms with Crippen molar-refractivity contribution < 1.29 is 18.4 Å². The normalized spacial score (nSPS) is 19.8. The Morgan fingerprint density at radius 1 is 1.11 bits per heavy atom. The number of carbonyl (C=O) groups is 2. The number of pyridine rings is 2. The van der Waals surface area contributed by atoms with Gasteiger partial charge in [0, 0.05) is 30.8 Å². The molecule has 1 saturated heterocycles. The topological polar surface area (TPSA) is 84.3 Å². The van der Waals surface area contributed by atoms with Crippen molar-refractivity contribution >= 4 is 11.8 Å². The molecule has 3 heterocycles. The molecule has 38 heavy (non-hydrogen) atoms. The van der Waals surface area contributed by atoms with Crippen molar-refractivity contribution in [2.45, 2.75) is 63.3 Å². The molecule has 0 radical (unpaired) electrons. The first-order valence-corrected chi connectivity index (χ1v) is 13.0. The van der Waals surface area contributed by atoms with E-state index in [1.807, 2.05) is 25.1 Å². The maximum absolute atomic E-state index is 14.8. The summed E-state index contributed by atoms with van der Waals surface area (Å²) in [6.07, 6.45) is 1.95. The number of amides is 2. The zero-order valence-electron chi connectivity index (χ0n) is 21.1. The highest BCUT2D eigenvalue weighted by atomic mass is 19.1. The minimum absolute atomic E-state index is 0.0612. The summed E-state index contributed by atoms with van der Waals surface area (Å²) >= 11 is 0. The molecule has 2 aromatic heterocycles. The Hall–Kier alpha value is -3.88. The molecule has 2 aliphatic rings. The number of hydrogen-bond donors (Lipinski definition) is 1. The minimum atomic E-state index is -1.34. The molecular weight excluding hydrogens is 490 g/mol. The third-order valence-electron chi connectivity index (χ3n) is 7.25. The Kier molecular flexibility index (Phi) is 7.35. The molecule has 5 rings (SSSR count). The first kappa shape index (κ1) is 25.8. The molecule has 9 heteroatoms. The van der Waals surface area contributed by atoms with Crippen LogP contribution in [0.25, 0.3) is 0 Å². The Bertz CT molecular complexity index is 1390. The van der Waals surface area contributed by atoms with Gasteiger partial charge in [-0.3, -0.25) is 14.4 Å². The number of nitrogens with one attached hydrogen (secondary N) is 1. The van der Waals surface area contributed by atoms with E-state index in [0.717, 1.165) is 12.8 Å². The van der Waals surface area contributed by atoms with Gasteiger partial charge in [0.15, 0.2) is 0 Å². The van der Waals surface area contributed by atoms with Crippen LogP contribution in [-0.2, 0) is 22.6 Å². The molecule has 1 aromatic carbocycles. The van der Waals surface area contributed by atoms with Gasteiger partial charge in [0.25, 0.3) is 5.56 Å². The number of aromatic nitrogens is 2. The highest BCUT2D eigenvalue weighted by molar-refractivity contribution is 5.89. The summed E-state index contributed by atoms with van der Waals surface area (Å²) in [5.41, 5.74) is 2.04. The van der Waals surface area contributed by atoms with Crippen molar-refractivity contribution in [2.24, 2.45) is 0 Å². The van der Waals surface area contributed by atoms with Gasteiger partial charge < -0.3 is 14.8 Å². The lowest BCUT2D eigenvalue weighted by atomic mass is 10.0. The average molecular weight is 521 g/mol. The van der Waals surface area contributed by atoms with E-state index in [2.05, 4.69) is 10.3 Å². The number of benzene rings is 1. The van der Waals surface area contributed by atoms with Crippen LogP contribution in [0.1, 0.15) is 60.5 Å². The van der Waals surface area contributed by atoms with Gasteiger partial charge in [-0.2, -0.15) is 4.39 Å². The maximum Gasteiger partial charge on any atom is 0.250 e. The summed E-state index contributed by atoms with van der Waals surface area (Å²) < 4.78 is 30.8. The van der Waals surface area contributed by atoms with Crippen LogP contribution in [0.2, 0.25) is 0 Å². The second-order valence-electron chi connectivity index (χ2n) is 9.98. The van der Waals surface area contributed by atoms with Gasteiger partial charge in [0.2, 0.25) is 17.8 Å². The lowest BCUT2D eigenvalue weighted by Crippen LogP contribution is -2.47. The SMILES string of the molecule is CCn1cc(CC(=O)N2C[C@H](F)C[C@H]2C(=O)N[C@@H](c2ccccc2)c2ccc(C3CC3)c(F)n2)ccc1=O. The monoisotopic (exact) mass is 520 g/mol. The van der Waals surface area contributed by atoms with Crippen LogP contribution in [0, 0.1) is 5.95 Å². The molecule has 3 aromatic rings. The highest BCUT2D eigenvalue weighted by Gasteiger charge is 2.40. The number of carbonyl (C=O) groups excluding carboxylic acids is 2. The van der Waals surface area contributed by atoms with Crippen LogP contribution in [0.15, 0.2) is 65.6 Å². The van der Waals surface area contributed by atoms with Crippen LogP contribution >= 0.6 is 0 Å². The first-order valence-electron chi connectivity index (χ1n) is 13.0. The van der Waals surface area contributed by atoms with Gasteiger partial charge >= 0.3 is 0 Å². The van der Waals surface area contributed by atoms with E-state index in [4.69, 9.17) is 0 Å². The Morgan fingerprint density at radius 2 is 1.87 bits per heavy atom. The fourth-order valence-corrected chi connectivity index (χ4v) is 5.05. The zero-order chi connectivity index (χ0) is 26.8. The predicted molar refractivity (Wildman–Crippen MR) is 138 cm³/mol. The minimum Gasteiger partial charge on any atom is -0.342 e. The van der Waals surface area contributed by atoms with Crippen LogP contribution in [-0.4, -0.2) is 45.0 Å². The number of alkyl halides is 1. The van der Waals surface area contributed by atoms with Crippen molar-refractivity contribution in [3.8, 4) is 0 Å². The molecule has 3 atom stereocenters. The summed E-state index contributed by atoms with van der Waals surface area (Å²) in [5, 5.41) is 2.90. The summed E-state index contributed by atoms with van der Waals surface area (Å²) in [5.74, 6) is -1.28. The molecule has 198 valence electrons. The Labute approximate surface area is 219 Å². The number of halogens is 2. The van der Waals surface area contributed by atoms with E-state index < -0.39 is 36.0 Å². The fraction of sp³-hybridized carbons (Fsp3) is 0.379. The molecule has 1 aliphatic heterocycles. The molecule has 0 unspecified atom stereocenters. The van der Waals surface area contributed by atoms with Gasteiger partial charge in [-0.05, 0) is 42.9 Å². The van der Waals surface area contributed by atoms with Crippen molar-refractivity contribution in [3.63, 3.8) is 0 Å². The lowest BCUT2D eigenvalue weighted by molar-refractivity contribution is -0.138. The van der Waals surface area contributed by atoms with Gasteiger partial charge in [-0.1, -0.05) is 42.5 Å². The zero-order valence-corrected chi connectivity index (χ0v) is 21.1. The van der Waals surface area contributed by atoms with E-state index in [-0.39, 0.29) is 30.9 Å². The lowest BCUT2D eigenvalue weighted by Gasteiger charge is -2.27. The van der Waals surface area contributed by atoms with E-state index in [1.165, 1.54) is 15.5 Å². The molecule has 1 saturated carbocycles. The standard InChI is InChI=1S/C29H30F2N4O3/c1-2-34-16-18(8-13-25(34)36)14-26(37)35-17-21(30)15-24(35)29(38)33-27(20-6-4-3-5-7-20)23-12-11-22(19-9-10-19)28(31)32-23/h3-8,11-13,16,19,21,24,27H,2,9-10,14-15,17H2,1H3,(H,33,38)/t21-,24+,27+/m1/s1. The molecule has 0 bridgehead atoms. The Balaban J connectivity index is 1.37. The molecule has 2 fully saturated rings. The quantitative estimate of drug-likeness (QED) is 0.460. The van der Waals surface area contributed by atoms with Crippen molar-refractivity contribution in [3.05, 3.63) is 99.5 Å². The number of rotatable bonds is 8. The van der Waals surface area contributed by atoms with Gasteiger partial charge in [-0.25, -0.2) is 9.37 Å². The third kappa shape index (κ3) is 5.51. The molecule has 1 N–H and O–H groups in total. The smallest absolute Gasteiger partial charge is 0.250 e. The molecular formula is C29H30F2N4O3. The second kappa shape index (κ2) is 10.8. The third-order valence-corrected chi connectivity index (χ3v) is 7.25. The molecule has 1 aliphatic carbocycles. The van der Waals surface area contributed by atoms with Crippen LogP contribution in [0.4, 0.5) is 8.78 Å². The molecule has 7 nitrogen and oxygen atoms in total. The van der Waals surface area contributed by atoms with E-state index in [0.29, 0.717) is 28.9 Å². The summed E-state index contributed by atoms with van der Waals surface area (Å²) in [4.78, 5) is 44.0. The van der Waals surface area contributed by atoms with Crippen molar-refractivity contribution in [1.82, 2.24) is 19.8 Å². The predicted octanol–water partition coefficient (Wildman–Crippen LogP) is 3.67. The van der Waals surface area contributed by atoms with Crippen molar-refractivity contribution in [2.75, 3.05) is 6.54 Å².